The maximum absolute atomic E-state index is 11.7. The second-order valence-electron chi connectivity index (χ2n) is 4.59. The summed E-state index contributed by atoms with van der Waals surface area (Å²) < 4.78 is 0. The molecule has 1 heterocycles. The van der Waals surface area contributed by atoms with Gasteiger partial charge in [0, 0.05) is 18.1 Å². The molecular formula is C17H13N3O. The van der Waals surface area contributed by atoms with Crippen molar-refractivity contribution in [3.8, 4) is 22.8 Å². The molecule has 0 bridgehead atoms. The Bertz CT molecular complexity index is 713. The Morgan fingerprint density at radius 3 is 1.52 bits per heavy atom. The van der Waals surface area contributed by atoms with Crippen LogP contribution in [0.4, 0.5) is 0 Å². The van der Waals surface area contributed by atoms with Crippen molar-refractivity contribution in [2.45, 2.75) is 6.92 Å². The largest absolute Gasteiger partial charge is 0.291 e. The Morgan fingerprint density at radius 2 is 1.14 bits per heavy atom. The summed E-state index contributed by atoms with van der Waals surface area (Å²) in [5, 5.41) is 0. The number of hydrogen-bond acceptors (Lipinski definition) is 4. The van der Waals surface area contributed by atoms with Crippen molar-refractivity contribution in [3.63, 3.8) is 0 Å². The van der Waals surface area contributed by atoms with Crippen LogP contribution in [-0.4, -0.2) is 20.7 Å². The number of ketones is 1. The van der Waals surface area contributed by atoms with Gasteiger partial charge in [-0.1, -0.05) is 60.7 Å². The van der Waals surface area contributed by atoms with Gasteiger partial charge in [0.05, 0.1) is 0 Å². The maximum atomic E-state index is 11.7. The van der Waals surface area contributed by atoms with Gasteiger partial charge in [-0.15, -0.1) is 0 Å². The Kier molecular flexibility index (Phi) is 3.51. The molecule has 0 fully saturated rings. The average Bonchev–Trinajstić information content (AvgIpc) is 2.56. The Labute approximate surface area is 122 Å². The second-order valence-corrected chi connectivity index (χ2v) is 4.59. The highest BCUT2D eigenvalue weighted by Crippen LogP contribution is 2.19. The van der Waals surface area contributed by atoms with Crippen molar-refractivity contribution in [2.75, 3.05) is 0 Å². The van der Waals surface area contributed by atoms with Crippen molar-refractivity contribution in [3.05, 3.63) is 66.5 Å². The molecule has 0 aliphatic rings. The lowest BCUT2D eigenvalue weighted by molar-refractivity contribution is 0.100. The van der Waals surface area contributed by atoms with Crippen LogP contribution in [0.3, 0.4) is 0 Å². The zero-order valence-corrected chi connectivity index (χ0v) is 11.5. The third kappa shape index (κ3) is 2.84. The highest BCUT2D eigenvalue weighted by molar-refractivity contribution is 5.91. The summed E-state index contributed by atoms with van der Waals surface area (Å²) in [7, 11) is 0. The smallest absolute Gasteiger partial charge is 0.199 e. The standard InChI is InChI=1S/C17H13N3O/c1-12(21)15-18-16(13-8-4-2-5-9-13)20-17(19-15)14-10-6-3-7-11-14/h2-11H,1H3. The van der Waals surface area contributed by atoms with Gasteiger partial charge < -0.3 is 0 Å². The molecule has 3 rings (SSSR count). The van der Waals surface area contributed by atoms with Crippen LogP contribution in [0.5, 0.6) is 0 Å². The normalized spacial score (nSPS) is 10.3. The highest BCUT2D eigenvalue weighted by atomic mass is 16.1. The number of aromatic nitrogens is 3. The number of carbonyl (C=O) groups is 1. The molecule has 4 nitrogen and oxygen atoms in total. The van der Waals surface area contributed by atoms with E-state index < -0.39 is 0 Å². The molecule has 0 radical (unpaired) electrons. The molecule has 102 valence electrons. The number of Topliss-reactive ketones (excluding diaryl/α,β-unsaturated/α-hetero) is 1. The van der Waals surface area contributed by atoms with Gasteiger partial charge in [0.2, 0.25) is 0 Å². The van der Waals surface area contributed by atoms with Crippen LogP contribution >= 0.6 is 0 Å². The van der Waals surface area contributed by atoms with Gasteiger partial charge in [0.25, 0.3) is 0 Å². The van der Waals surface area contributed by atoms with Crippen molar-refractivity contribution in [1.82, 2.24) is 15.0 Å². The van der Waals surface area contributed by atoms with Crippen LogP contribution in [0, 0.1) is 0 Å². The second kappa shape index (κ2) is 5.63. The lowest BCUT2D eigenvalue weighted by Crippen LogP contribution is -2.06. The molecular weight excluding hydrogens is 262 g/mol. The number of carbonyl (C=O) groups excluding carboxylic acids is 1. The van der Waals surface area contributed by atoms with Gasteiger partial charge in [-0.25, -0.2) is 15.0 Å². The number of hydrogen-bond donors (Lipinski definition) is 0. The maximum Gasteiger partial charge on any atom is 0.199 e. The summed E-state index contributed by atoms with van der Waals surface area (Å²) in [6, 6.07) is 19.1. The first-order valence-electron chi connectivity index (χ1n) is 6.62. The predicted octanol–water partition coefficient (Wildman–Crippen LogP) is 3.41. The summed E-state index contributed by atoms with van der Waals surface area (Å²) in [5.74, 6) is 1.03. The van der Waals surface area contributed by atoms with Crippen LogP contribution < -0.4 is 0 Å². The minimum absolute atomic E-state index is 0.174. The minimum atomic E-state index is -0.174. The van der Waals surface area contributed by atoms with E-state index in [1.165, 1.54) is 6.92 Å². The lowest BCUT2D eigenvalue weighted by Gasteiger charge is -2.06. The topological polar surface area (TPSA) is 55.7 Å². The molecule has 2 aromatic carbocycles. The Morgan fingerprint density at radius 1 is 0.714 bits per heavy atom. The summed E-state index contributed by atoms with van der Waals surface area (Å²) >= 11 is 0. The highest BCUT2D eigenvalue weighted by Gasteiger charge is 2.12. The van der Waals surface area contributed by atoms with Crippen molar-refractivity contribution >= 4 is 5.78 Å². The molecule has 3 aromatic rings. The molecule has 0 N–H and O–H groups in total. The van der Waals surface area contributed by atoms with E-state index in [1.54, 1.807) is 0 Å². The molecule has 0 atom stereocenters. The summed E-state index contributed by atoms with van der Waals surface area (Å²) in [5.41, 5.74) is 1.72. The summed E-state index contributed by atoms with van der Waals surface area (Å²) in [4.78, 5) is 24.7. The van der Waals surface area contributed by atoms with Gasteiger partial charge in [-0.2, -0.15) is 0 Å². The van der Waals surface area contributed by atoms with Crippen LogP contribution in [0.15, 0.2) is 60.7 Å². The van der Waals surface area contributed by atoms with Gasteiger partial charge in [-0.3, -0.25) is 4.79 Å². The zero-order chi connectivity index (χ0) is 14.7. The zero-order valence-electron chi connectivity index (χ0n) is 11.5. The third-order valence-electron chi connectivity index (χ3n) is 3.01. The fourth-order valence-electron chi connectivity index (χ4n) is 1.97. The Hall–Kier alpha value is -2.88. The first-order valence-corrected chi connectivity index (χ1v) is 6.62. The van der Waals surface area contributed by atoms with Gasteiger partial charge in [-0.05, 0) is 0 Å². The molecule has 21 heavy (non-hydrogen) atoms. The molecule has 0 amide bonds. The first-order chi connectivity index (χ1) is 10.2. The molecule has 1 aromatic heterocycles. The average molecular weight is 275 g/mol. The van der Waals surface area contributed by atoms with E-state index in [-0.39, 0.29) is 11.6 Å². The Balaban J connectivity index is 2.18. The minimum Gasteiger partial charge on any atom is -0.291 e. The predicted molar refractivity (Wildman–Crippen MR) is 80.7 cm³/mol. The van der Waals surface area contributed by atoms with Crippen LogP contribution in [0.1, 0.15) is 17.5 Å². The summed E-state index contributed by atoms with van der Waals surface area (Å²) in [6.45, 7) is 1.46. The number of rotatable bonds is 3. The van der Waals surface area contributed by atoms with Crippen molar-refractivity contribution < 1.29 is 4.79 Å². The van der Waals surface area contributed by atoms with Gasteiger partial charge in [0.1, 0.15) is 0 Å². The molecule has 0 aliphatic heterocycles. The van der Waals surface area contributed by atoms with E-state index in [9.17, 15) is 4.79 Å². The quantitative estimate of drug-likeness (QED) is 0.687. The molecule has 4 heteroatoms. The fourth-order valence-corrected chi connectivity index (χ4v) is 1.97. The van der Waals surface area contributed by atoms with Crippen LogP contribution in [0.2, 0.25) is 0 Å². The van der Waals surface area contributed by atoms with E-state index in [2.05, 4.69) is 15.0 Å². The number of nitrogens with zero attached hydrogens (tertiary/aromatic N) is 3. The lowest BCUT2D eigenvalue weighted by atomic mass is 10.2. The van der Waals surface area contributed by atoms with E-state index in [0.717, 1.165) is 11.1 Å². The SMILES string of the molecule is CC(=O)c1nc(-c2ccccc2)nc(-c2ccccc2)n1. The molecule has 0 aliphatic carbocycles. The fraction of sp³-hybridized carbons (Fsp3) is 0.0588. The van der Waals surface area contributed by atoms with Crippen LogP contribution in [-0.2, 0) is 0 Å². The van der Waals surface area contributed by atoms with E-state index >= 15 is 0 Å². The molecule has 0 unspecified atom stereocenters. The van der Waals surface area contributed by atoms with Crippen molar-refractivity contribution in [2.24, 2.45) is 0 Å². The third-order valence-corrected chi connectivity index (χ3v) is 3.01. The van der Waals surface area contributed by atoms with Gasteiger partial charge in [0.15, 0.2) is 23.3 Å². The van der Waals surface area contributed by atoms with Crippen molar-refractivity contribution in [1.29, 1.82) is 0 Å². The van der Waals surface area contributed by atoms with E-state index in [4.69, 9.17) is 0 Å². The summed E-state index contributed by atoms with van der Waals surface area (Å²) in [6.07, 6.45) is 0. The van der Waals surface area contributed by atoms with E-state index in [1.807, 2.05) is 60.7 Å². The molecule has 0 saturated heterocycles. The first kappa shape index (κ1) is 13.1. The number of benzene rings is 2. The van der Waals surface area contributed by atoms with E-state index in [0.29, 0.717) is 11.6 Å². The molecule has 0 saturated carbocycles. The molecule has 0 spiro atoms. The van der Waals surface area contributed by atoms with Crippen LogP contribution in [0.25, 0.3) is 22.8 Å². The van der Waals surface area contributed by atoms with Gasteiger partial charge >= 0.3 is 0 Å². The monoisotopic (exact) mass is 275 g/mol.